The summed E-state index contributed by atoms with van der Waals surface area (Å²) in [5, 5.41) is 3.87. The molecule has 1 aliphatic rings. The van der Waals surface area contributed by atoms with Crippen molar-refractivity contribution in [3.05, 3.63) is 34.9 Å². The quantitative estimate of drug-likeness (QED) is 0.738. The first-order valence-electron chi connectivity index (χ1n) is 9.68. The fourth-order valence-electron chi connectivity index (χ4n) is 3.94. The molecule has 1 aliphatic heterocycles. The molecule has 1 saturated heterocycles. The van der Waals surface area contributed by atoms with Gasteiger partial charge in [-0.05, 0) is 42.9 Å². The van der Waals surface area contributed by atoms with Crippen molar-refractivity contribution < 1.29 is 9.59 Å². The van der Waals surface area contributed by atoms with E-state index in [9.17, 15) is 9.59 Å². The van der Waals surface area contributed by atoms with Crippen molar-refractivity contribution in [1.29, 1.82) is 0 Å². The number of hydrogen-bond acceptors (Lipinski definition) is 2. The molecule has 0 aliphatic carbocycles. The Morgan fingerprint density at radius 2 is 1.85 bits per heavy atom. The summed E-state index contributed by atoms with van der Waals surface area (Å²) in [6.07, 6.45) is 3.23. The third-order valence-corrected chi connectivity index (χ3v) is 6.01. The Hall–Kier alpha value is -1.55. The number of amides is 2. The average Bonchev–Trinajstić information content (AvgIpc) is 3.03. The van der Waals surface area contributed by atoms with Crippen molar-refractivity contribution in [3.8, 4) is 0 Å². The SMILES string of the molecule is CCC(CC)(CNC(=O)C(C(C)C)N1CCCC1=O)c1ccc(Cl)cc1. The summed E-state index contributed by atoms with van der Waals surface area (Å²) in [5.74, 6) is 0.134. The fourth-order valence-corrected chi connectivity index (χ4v) is 4.07. The first kappa shape index (κ1) is 20.8. The highest BCUT2D eigenvalue weighted by molar-refractivity contribution is 6.30. The van der Waals surface area contributed by atoms with Crippen LogP contribution in [0.3, 0.4) is 0 Å². The fraction of sp³-hybridized carbons (Fsp3) is 0.619. The van der Waals surface area contributed by atoms with Crippen LogP contribution in [0.4, 0.5) is 0 Å². The van der Waals surface area contributed by atoms with E-state index in [2.05, 4.69) is 19.2 Å². The van der Waals surface area contributed by atoms with E-state index in [0.29, 0.717) is 24.5 Å². The number of halogens is 1. The van der Waals surface area contributed by atoms with Crippen LogP contribution in [0.2, 0.25) is 5.02 Å². The van der Waals surface area contributed by atoms with Crippen LogP contribution in [0, 0.1) is 5.92 Å². The third kappa shape index (κ3) is 4.40. The van der Waals surface area contributed by atoms with Crippen LogP contribution in [0.25, 0.3) is 0 Å². The lowest BCUT2D eigenvalue weighted by Gasteiger charge is -2.35. The molecule has 1 atom stereocenters. The first-order valence-corrected chi connectivity index (χ1v) is 10.1. The zero-order valence-corrected chi connectivity index (χ0v) is 17.1. The maximum Gasteiger partial charge on any atom is 0.243 e. The molecule has 0 aromatic heterocycles. The van der Waals surface area contributed by atoms with Gasteiger partial charge in [-0.2, -0.15) is 0 Å². The van der Waals surface area contributed by atoms with Gasteiger partial charge in [0.25, 0.3) is 0 Å². The van der Waals surface area contributed by atoms with Crippen molar-refractivity contribution in [2.24, 2.45) is 5.92 Å². The van der Waals surface area contributed by atoms with Crippen molar-refractivity contribution in [3.63, 3.8) is 0 Å². The lowest BCUT2D eigenvalue weighted by atomic mass is 9.75. The molecule has 0 bridgehead atoms. The highest BCUT2D eigenvalue weighted by Gasteiger charge is 2.36. The predicted octanol–water partition coefficient (Wildman–Crippen LogP) is 4.16. The minimum atomic E-state index is -0.387. The Labute approximate surface area is 162 Å². The summed E-state index contributed by atoms with van der Waals surface area (Å²) in [6.45, 7) is 9.54. The summed E-state index contributed by atoms with van der Waals surface area (Å²) in [6, 6.07) is 7.51. The normalized spacial score (nSPS) is 16.2. The van der Waals surface area contributed by atoms with Crippen LogP contribution in [0.15, 0.2) is 24.3 Å². The first-order chi connectivity index (χ1) is 12.3. The standard InChI is InChI=1S/C21H31ClN2O2/c1-5-21(6-2,16-9-11-17(22)12-10-16)14-23-20(26)19(15(3)4)24-13-7-8-18(24)25/h9-12,15,19H,5-8,13-14H2,1-4H3,(H,23,26). The van der Waals surface area contributed by atoms with E-state index >= 15 is 0 Å². The van der Waals surface area contributed by atoms with E-state index in [1.165, 1.54) is 5.56 Å². The lowest BCUT2D eigenvalue weighted by Crippen LogP contribution is -2.52. The number of nitrogens with zero attached hydrogens (tertiary/aromatic N) is 1. The zero-order valence-electron chi connectivity index (χ0n) is 16.3. The molecular weight excluding hydrogens is 348 g/mol. The number of carbonyl (C=O) groups excluding carboxylic acids is 2. The van der Waals surface area contributed by atoms with Gasteiger partial charge in [0, 0.05) is 29.9 Å². The summed E-state index contributed by atoms with van der Waals surface area (Å²) in [4.78, 5) is 26.8. The van der Waals surface area contributed by atoms with Crippen molar-refractivity contribution in [2.45, 2.75) is 64.8 Å². The second-order valence-corrected chi connectivity index (χ2v) is 8.03. The van der Waals surface area contributed by atoms with Gasteiger partial charge >= 0.3 is 0 Å². The van der Waals surface area contributed by atoms with E-state index < -0.39 is 0 Å². The maximum absolute atomic E-state index is 13.0. The molecule has 5 heteroatoms. The van der Waals surface area contributed by atoms with Gasteiger partial charge in [-0.3, -0.25) is 9.59 Å². The smallest absolute Gasteiger partial charge is 0.243 e. The topological polar surface area (TPSA) is 49.4 Å². The molecule has 0 saturated carbocycles. The summed E-state index contributed by atoms with van der Waals surface area (Å²) >= 11 is 6.03. The van der Waals surface area contributed by atoms with Crippen LogP contribution in [0.5, 0.6) is 0 Å². The highest BCUT2D eigenvalue weighted by Crippen LogP contribution is 2.32. The molecule has 26 heavy (non-hydrogen) atoms. The molecule has 4 nitrogen and oxygen atoms in total. The Kier molecular flexibility index (Phi) is 7.10. The Morgan fingerprint density at radius 3 is 2.31 bits per heavy atom. The van der Waals surface area contributed by atoms with E-state index in [0.717, 1.165) is 19.3 Å². The predicted molar refractivity (Wildman–Crippen MR) is 106 cm³/mol. The van der Waals surface area contributed by atoms with Gasteiger partial charge in [0.1, 0.15) is 6.04 Å². The van der Waals surface area contributed by atoms with Crippen molar-refractivity contribution >= 4 is 23.4 Å². The molecule has 1 N–H and O–H groups in total. The van der Waals surface area contributed by atoms with Gasteiger partial charge in [0.2, 0.25) is 11.8 Å². The largest absolute Gasteiger partial charge is 0.353 e. The highest BCUT2D eigenvalue weighted by atomic mass is 35.5. The molecule has 0 radical (unpaired) electrons. The number of carbonyl (C=O) groups is 2. The maximum atomic E-state index is 13.0. The van der Waals surface area contributed by atoms with E-state index in [4.69, 9.17) is 11.6 Å². The molecule has 2 rings (SSSR count). The second kappa shape index (κ2) is 8.90. The number of nitrogens with one attached hydrogen (secondary N) is 1. The Morgan fingerprint density at radius 1 is 1.23 bits per heavy atom. The van der Waals surface area contributed by atoms with Gasteiger partial charge < -0.3 is 10.2 Å². The molecule has 1 fully saturated rings. The number of hydrogen-bond donors (Lipinski definition) is 1. The number of benzene rings is 1. The zero-order chi connectivity index (χ0) is 19.3. The van der Waals surface area contributed by atoms with Crippen LogP contribution >= 0.6 is 11.6 Å². The van der Waals surface area contributed by atoms with Gasteiger partial charge in [0.05, 0.1) is 0 Å². The summed E-state index contributed by atoms with van der Waals surface area (Å²) in [7, 11) is 0. The molecule has 0 spiro atoms. The monoisotopic (exact) mass is 378 g/mol. The molecule has 1 unspecified atom stereocenters. The van der Waals surface area contributed by atoms with E-state index in [1.54, 1.807) is 4.90 Å². The van der Waals surface area contributed by atoms with Crippen molar-refractivity contribution in [2.75, 3.05) is 13.1 Å². The minimum Gasteiger partial charge on any atom is -0.353 e. The number of rotatable bonds is 8. The molecule has 1 heterocycles. The van der Waals surface area contributed by atoms with Gasteiger partial charge in [-0.25, -0.2) is 0 Å². The van der Waals surface area contributed by atoms with Crippen LogP contribution in [-0.4, -0.2) is 35.8 Å². The van der Waals surface area contributed by atoms with Gasteiger partial charge in [-0.15, -0.1) is 0 Å². The van der Waals surface area contributed by atoms with Crippen LogP contribution in [-0.2, 0) is 15.0 Å². The van der Waals surface area contributed by atoms with E-state index in [1.807, 2.05) is 38.1 Å². The average molecular weight is 379 g/mol. The lowest BCUT2D eigenvalue weighted by molar-refractivity contribution is -0.139. The van der Waals surface area contributed by atoms with Crippen LogP contribution in [0.1, 0.15) is 58.9 Å². The Balaban J connectivity index is 2.15. The molecule has 144 valence electrons. The van der Waals surface area contributed by atoms with Gasteiger partial charge in [-0.1, -0.05) is 51.4 Å². The molecular formula is C21H31ClN2O2. The van der Waals surface area contributed by atoms with Crippen molar-refractivity contribution in [1.82, 2.24) is 10.2 Å². The summed E-state index contributed by atoms with van der Waals surface area (Å²) < 4.78 is 0. The molecule has 2 amide bonds. The number of likely N-dealkylation sites (tertiary alicyclic amines) is 1. The van der Waals surface area contributed by atoms with Gasteiger partial charge in [0.15, 0.2) is 0 Å². The Bertz CT molecular complexity index is 623. The second-order valence-electron chi connectivity index (χ2n) is 7.59. The van der Waals surface area contributed by atoms with Crippen LogP contribution < -0.4 is 5.32 Å². The molecule has 1 aromatic carbocycles. The minimum absolute atomic E-state index is 0.0458. The van der Waals surface area contributed by atoms with E-state index in [-0.39, 0.29) is 29.2 Å². The summed E-state index contributed by atoms with van der Waals surface area (Å²) in [5.41, 5.74) is 1.06. The molecule has 1 aromatic rings. The third-order valence-electron chi connectivity index (χ3n) is 5.76.